The first kappa shape index (κ1) is 16.0. The molecule has 1 N–H and O–H groups in total. The Hall–Kier alpha value is -2.34. The number of benzene rings is 2. The number of hydrogen-bond donors (Lipinski definition) is 1. The number of anilines is 1. The Morgan fingerprint density at radius 3 is 2.55 bits per heavy atom. The van der Waals surface area contributed by atoms with Gasteiger partial charge in [-0.1, -0.05) is 23.8 Å². The van der Waals surface area contributed by atoms with Crippen molar-refractivity contribution in [3.05, 3.63) is 64.2 Å². The lowest BCUT2D eigenvalue weighted by atomic mass is 10.2. The molecule has 22 heavy (non-hydrogen) atoms. The van der Waals surface area contributed by atoms with E-state index >= 15 is 0 Å². The zero-order chi connectivity index (χ0) is 16.1. The van der Waals surface area contributed by atoms with Gasteiger partial charge in [0.25, 0.3) is 5.69 Å². The van der Waals surface area contributed by atoms with Crippen LogP contribution in [0.5, 0.6) is 0 Å². The molecule has 0 aliphatic rings. The molecule has 0 saturated carbocycles. The van der Waals surface area contributed by atoms with Crippen LogP contribution in [0, 0.1) is 17.0 Å². The summed E-state index contributed by atoms with van der Waals surface area (Å²) in [4.78, 5) is 23.4. The number of nitro benzene ring substituents is 1. The summed E-state index contributed by atoms with van der Waals surface area (Å²) in [6.07, 6.45) is 0. The highest BCUT2D eigenvalue weighted by atomic mass is 32.2. The molecule has 0 bridgehead atoms. The van der Waals surface area contributed by atoms with Gasteiger partial charge in [0, 0.05) is 22.7 Å². The van der Waals surface area contributed by atoms with Crippen molar-refractivity contribution in [1.29, 1.82) is 0 Å². The summed E-state index contributed by atoms with van der Waals surface area (Å²) in [5.74, 6) is -0.189. The maximum absolute atomic E-state index is 12.2. The minimum absolute atomic E-state index is 0.0448. The molecule has 0 aliphatic heterocycles. The van der Waals surface area contributed by atoms with E-state index in [9.17, 15) is 14.9 Å². The van der Waals surface area contributed by atoms with Crippen LogP contribution in [-0.2, 0) is 4.79 Å². The molecule has 0 radical (unpaired) electrons. The van der Waals surface area contributed by atoms with Crippen LogP contribution in [0.2, 0.25) is 0 Å². The van der Waals surface area contributed by atoms with Gasteiger partial charge in [-0.3, -0.25) is 14.9 Å². The molecule has 0 spiro atoms. The van der Waals surface area contributed by atoms with Crippen molar-refractivity contribution in [2.24, 2.45) is 0 Å². The number of thioether (sulfide) groups is 1. The van der Waals surface area contributed by atoms with E-state index in [1.54, 1.807) is 19.1 Å². The minimum Gasteiger partial charge on any atom is -0.325 e. The van der Waals surface area contributed by atoms with Gasteiger partial charge in [0.1, 0.15) is 0 Å². The van der Waals surface area contributed by atoms with Gasteiger partial charge in [-0.05, 0) is 32.0 Å². The molecule has 2 aromatic carbocycles. The molecule has 0 aromatic heterocycles. The normalized spacial score (nSPS) is 11.7. The second-order valence-electron chi connectivity index (χ2n) is 4.87. The average molecular weight is 316 g/mol. The van der Waals surface area contributed by atoms with Gasteiger partial charge in [0.05, 0.1) is 10.2 Å². The predicted molar refractivity (Wildman–Crippen MR) is 88.2 cm³/mol. The average Bonchev–Trinajstić information content (AvgIpc) is 2.49. The zero-order valence-electron chi connectivity index (χ0n) is 12.3. The lowest BCUT2D eigenvalue weighted by molar-refractivity contribution is -0.384. The van der Waals surface area contributed by atoms with Gasteiger partial charge in [0.15, 0.2) is 0 Å². The second-order valence-corrected chi connectivity index (χ2v) is 6.28. The third kappa shape index (κ3) is 4.33. The highest BCUT2D eigenvalue weighted by Gasteiger charge is 2.15. The van der Waals surface area contributed by atoms with Gasteiger partial charge in [-0.25, -0.2) is 0 Å². The minimum atomic E-state index is -0.486. The Labute approximate surface area is 132 Å². The summed E-state index contributed by atoms with van der Waals surface area (Å²) in [6.45, 7) is 3.81. The fourth-order valence-electron chi connectivity index (χ4n) is 1.82. The molecular weight excluding hydrogens is 300 g/mol. The number of rotatable bonds is 5. The largest absolute Gasteiger partial charge is 0.325 e. The topological polar surface area (TPSA) is 72.2 Å². The molecule has 6 heteroatoms. The molecule has 0 aliphatic carbocycles. The Morgan fingerprint density at radius 2 is 1.91 bits per heavy atom. The SMILES string of the molecule is Cc1ccc(S[C@@H](C)C(=O)Nc2cccc([N+](=O)[O-])c2)cc1. The molecule has 1 atom stereocenters. The molecule has 0 unspecified atom stereocenters. The predicted octanol–water partition coefficient (Wildman–Crippen LogP) is 4.02. The number of aryl methyl sites for hydroxylation is 1. The van der Waals surface area contributed by atoms with E-state index in [2.05, 4.69) is 5.32 Å². The van der Waals surface area contributed by atoms with Gasteiger partial charge >= 0.3 is 0 Å². The standard InChI is InChI=1S/C16H16N2O3S/c1-11-6-8-15(9-7-11)22-12(2)16(19)17-13-4-3-5-14(10-13)18(20)21/h3-10,12H,1-2H3,(H,17,19)/t12-/m0/s1. The van der Waals surface area contributed by atoms with Crippen LogP contribution >= 0.6 is 11.8 Å². The van der Waals surface area contributed by atoms with Crippen molar-refractivity contribution in [3.63, 3.8) is 0 Å². The monoisotopic (exact) mass is 316 g/mol. The Bertz CT molecular complexity index is 686. The van der Waals surface area contributed by atoms with E-state index in [0.717, 1.165) is 10.5 Å². The number of nitrogens with one attached hydrogen (secondary N) is 1. The first-order valence-electron chi connectivity index (χ1n) is 6.74. The van der Waals surface area contributed by atoms with Crippen LogP contribution < -0.4 is 5.32 Å². The molecule has 5 nitrogen and oxygen atoms in total. The zero-order valence-corrected chi connectivity index (χ0v) is 13.1. The maximum atomic E-state index is 12.2. The Kier molecular flexibility index (Phi) is 5.16. The number of amides is 1. The summed E-state index contributed by atoms with van der Waals surface area (Å²) in [5, 5.41) is 13.1. The number of nitrogens with zero attached hydrogens (tertiary/aromatic N) is 1. The number of non-ortho nitro benzene ring substituents is 1. The molecule has 0 saturated heterocycles. The maximum Gasteiger partial charge on any atom is 0.271 e. The third-order valence-corrected chi connectivity index (χ3v) is 4.14. The van der Waals surface area contributed by atoms with Gasteiger partial charge in [-0.15, -0.1) is 11.8 Å². The van der Waals surface area contributed by atoms with Crippen LogP contribution in [0.15, 0.2) is 53.4 Å². The van der Waals surface area contributed by atoms with Crippen molar-refractivity contribution in [2.45, 2.75) is 24.0 Å². The fourth-order valence-corrected chi connectivity index (χ4v) is 2.68. The van der Waals surface area contributed by atoms with E-state index in [1.165, 1.54) is 23.9 Å². The Morgan fingerprint density at radius 1 is 1.23 bits per heavy atom. The van der Waals surface area contributed by atoms with Crippen molar-refractivity contribution in [1.82, 2.24) is 0 Å². The third-order valence-electron chi connectivity index (χ3n) is 3.03. The molecule has 1 amide bonds. The van der Waals surface area contributed by atoms with E-state index in [4.69, 9.17) is 0 Å². The van der Waals surface area contributed by atoms with Gasteiger partial charge in [-0.2, -0.15) is 0 Å². The molecule has 2 rings (SSSR count). The lowest BCUT2D eigenvalue weighted by Gasteiger charge is -2.12. The second kappa shape index (κ2) is 7.09. The van der Waals surface area contributed by atoms with Crippen molar-refractivity contribution in [2.75, 3.05) is 5.32 Å². The fraction of sp³-hybridized carbons (Fsp3) is 0.188. The van der Waals surface area contributed by atoms with Crippen molar-refractivity contribution < 1.29 is 9.72 Å². The highest BCUT2D eigenvalue weighted by Crippen LogP contribution is 2.25. The number of carbonyl (C=O) groups is 1. The first-order chi connectivity index (χ1) is 10.5. The molecule has 2 aromatic rings. The van der Waals surface area contributed by atoms with Crippen LogP contribution in [0.4, 0.5) is 11.4 Å². The first-order valence-corrected chi connectivity index (χ1v) is 7.62. The van der Waals surface area contributed by atoms with E-state index in [1.807, 2.05) is 31.2 Å². The van der Waals surface area contributed by atoms with E-state index < -0.39 is 4.92 Å². The van der Waals surface area contributed by atoms with E-state index in [0.29, 0.717) is 5.69 Å². The Balaban J connectivity index is 2.00. The van der Waals surface area contributed by atoms with Crippen LogP contribution in [0.3, 0.4) is 0 Å². The molecule has 114 valence electrons. The summed E-state index contributed by atoms with van der Waals surface area (Å²) in [6, 6.07) is 13.8. The summed E-state index contributed by atoms with van der Waals surface area (Å²) in [5.41, 5.74) is 1.55. The van der Waals surface area contributed by atoms with E-state index in [-0.39, 0.29) is 16.8 Å². The summed E-state index contributed by atoms with van der Waals surface area (Å²) >= 11 is 1.44. The number of hydrogen-bond acceptors (Lipinski definition) is 4. The van der Waals surface area contributed by atoms with Gasteiger partial charge in [0.2, 0.25) is 5.91 Å². The van der Waals surface area contributed by atoms with Crippen LogP contribution in [-0.4, -0.2) is 16.1 Å². The van der Waals surface area contributed by atoms with Crippen molar-refractivity contribution in [3.8, 4) is 0 Å². The number of carbonyl (C=O) groups excluding carboxylic acids is 1. The summed E-state index contributed by atoms with van der Waals surface area (Å²) in [7, 11) is 0. The highest BCUT2D eigenvalue weighted by molar-refractivity contribution is 8.00. The van der Waals surface area contributed by atoms with Crippen LogP contribution in [0.1, 0.15) is 12.5 Å². The quantitative estimate of drug-likeness (QED) is 0.513. The molecule has 0 heterocycles. The van der Waals surface area contributed by atoms with Crippen molar-refractivity contribution >= 4 is 29.0 Å². The number of nitro groups is 1. The van der Waals surface area contributed by atoms with Crippen LogP contribution in [0.25, 0.3) is 0 Å². The molecular formula is C16H16N2O3S. The van der Waals surface area contributed by atoms with Gasteiger partial charge < -0.3 is 5.32 Å². The smallest absolute Gasteiger partial charge is 0.271 e. The lowest BCUT2D eigenvalue weighted by Crippen LogP contribution is -2.22. The summed E-state index contributed by atoms with van der Waals surface area (Å²) < 4.78 is 0. The molecule has 0 fully saturated rings.